The van der Waals surface area contributed by atoms with Gasteiger partial charge in [-0.3, -0.25) is 0 Å². The smallest absolute Gasteiger partial charge is 0.0424 e. The van der Waals surface area contributed by atoms with Crippen molar-refractivity contribution in [1.29, 1.82) is 0 Å². The predicted molar refractivity (Wildman–Crippen MR) is 80.6 cm³/mol. The van der Waals surface area contributed by atoms with Gasteiger partial charge in [-0.25, -0.2) is 0 Å². The van der Waals surface area contributed by atoms with Crippen molar-refractivity contribution < 1.29 is 0 Å². The standard InChI is InChI=1S/C14H22Cl2N2/c1-14(2,3)17-5-6-18(4)10-11-7-12(15)9-13(16)8-11/h7-9,17H,5-6,10H2,1-4H3. The maximum Gasteiger partial charge on any atom is 0.0424 e. The van der Waals surface area contributed by atoms with Crippen LogP contribution in [0.3, 0.4) is 0 Å². The van der Waals surface area contributed by atoms with Gasteiger partial charge in [-0.2, -0.15) is 0 Å². The number of hydrogen-bond acceptors (Lipinski definition) is 2. The van der Waals surface area contributed by atoms with Crippen molar-refractivity contribution in [3.63, 3.8) is 0 Å². The monoisotopic (exact) mass is 288 g/mol. The first-order valence-corrected chi connectivity index (χ1v) is 6.90. The van der Waals surface area contributed by atoms with Crippen molar-refractivity contribution in [3.8, 4) is 0 Å². The molecule has 0 aliphatic rings. The van der Waals surface area contributed by atoms with Crippen molar-refractivity contribution in [1.82, 2.24) is 10.2 Å². The highest BCUT2D eigenvalue weighted by molar-refractivity contribution is 6.34. The first-order valence-electron chi connectivity index (χ1n) is 6.15. The van der Waals surface area contributed by atoms with Gasteiger partial charge in [0.2, 0.25) is 0 Å². The molecule has 1 aromatic carbocycles. The quantitative estimate of drug-likeness (QED) is 0.886. The molecule has 0 heterocycles. The highest BCUT2D eigenvalue weighted by atomic mass is 35.5. The number of benzene rings is 1. The zero-order valence-electron chi connectivity index (χ0n) is 11.6. The molecule has 0 aliphatic carbocycles. The van der Waals surface area contributed by atoms with E-state index in [0.29, 0.717) is 10.0 Å². The minimum Gasteiger partial charge on any atom is -0.311 e. The van der Waals surface area contributed by atoms with Crippen LogP contribution in [0.15, 0.2) is 18.2 Å². The third-order valence-electron chi connectivity index (χ3n) is 2.52. The van der Waals surface area contributed by atoms with Gasteiger partial charge < -0.3 is 10.2 Å². The van der Waals surface area contributed by atoms with Gasteiger partial charge in [-0.1, -0.05) is 23.2 Å². The Morgan fingerprint density at radius 1 is 1.11 bits per heavy atom. The molecule has 2 nitrogen and oxygen atoms in total. The van der Waals surface area contributed by atoms with Gasteiger partial charge >= 0.3 is 0 Å². The normalized spacial score (nSPS) is 12.2. The van der Waals surface area contributed by atoms with E-state index < -0.39 is 0 Å². The lowest BCUT2D eigenvalue weighted by atomic mass is 10.1. The van der Waals surface area contributed by atoms with E-state index in [9.17, 15) is 0 Å². The second-order valence-corrected chi connectivity index (χ2v) is 6.57. The Kier molecular flexibility index (Phi) is 5.93. The molecule has 0 aliphatic heterocycles. The van der Waals surface area contributed by atoms with Crippen LogP contribution in [0, 0.1) is 0 Å². The Labute approximate surface area is 120 Å². The summed E-state index contributed by atoms with van der Waals surface area (Å²) in [6.07, 6.45) is 0. The second-order valence-electron chi connectivity index (χ2n) is 5.69. The molecule has 0 atom stereocenters. The molecule has 0 aromatic heterocycles. The van der Waals surface area contributed by atoms with Crippen molar-refractivity contribution in [2.75, 3.05) is 20.1 Å². The highest BCUT2D eigenvalue weighted by Crippen LogP contribution is 2.19. The zero-order valence-corrected chi connectivity index (χ0v) is 13.1. The van der Waals surface area contributed by atoms with E-state index in [0.717, 1.165) is 25.2 Å². The molecule has 0 saturated heterocycles. The summed E-state index contributed by atoms with van der Waals surface area (Å²) < 4.78 is 0. The maximum absolute atomic E-state index is 5.98. The fourth-order valence-electron chi connectivity index (χ4n) is 1.71. The number of likely N-dealkylation sites (N-methyl/N-ethyl adjacent to an activating group) is 1. The van der Waals surface area contributed by atoms with E-state index in [1.165, 1.54) is 0 Å². The van der Waals surface area contributed by atoms with Crippen LogP contribution < -0.4 is 5.32 Å². The van der Waals surface area contributed by atoms with Crippen molar-refractivity contribution in [2.24, 2.45) is 0 Å². The van der Waals surface area contributed by atoms with Gasteiger partial charge in [-0.05, 0) is 51.6 Å². The van der Waals surface area contributed by atoms with Crippen LogP contribution in [0.2, 0.25) is 10.0 Å². The summed E-state index contributed by atoms with van der Waals surface area (Å²) in [6.45, 7) is 9.32. The maximum atomic E-state index is 5.98. The van der Waals surface area contributed by atoms with Crippen molar-refractivity contribution >= 4 is 23.2 Å². The predicted octanol–water partition coefficient (Wildman–Crippen LogP) is 3.81. The minimum absolute atomic E-state index is 0.167. The third kappa shape index (κ3) is 6.60. The second kappa shape index (κ2) is 6.76. The molecule has 0 radical (unpaired) electrons. The SMILES string of the molecule is CN(CCNC(C)(C)C)Cc1cc(Cl)cc(Cl)c1. The Bertz CT molecular complexity index is 366. The van der Waals surface area contributed by atoms with Crippen LogP contribution in [0.1, 0.15) is 26.3 Å². The average molecular weight is 289 g/mol. The molecule has 0 amide bonds. The Morgan fingerprint density at radius 3 is 2.17 bits per heavy atom. The van der Waals surface area contributed by atoms with Crippen LogP contribution in [0.5, 0.6) is 0 Å². The fourth-order valence-corrected chi connectivity index (χ4v) is 2.29. The highest BCUT2D eigenvalue weighted by Gasteiger charge is 2.09. The molecule has 1 aromatic rings. The van der Waals surface area contributed by atoms with E-state index >= 15 is 0 Å². The average Bonchev–Trinajstić information content (AvgIpc) is 2.12. The summed E-state index contributed by atoms with van der Waals surface area (Å²) in [5, 5.41) is 4.85. The molecule has 4 heteroatoms. The van der Waals surface area contributed by atoms with E-state index in [1.807, 2.05) is 12.1 Å². The summed E-state index contributed by atoms with van der Waals surface area (Å²) in [7, 11) is 2.10. The van der Waals surface area contributed by atoms with Crippen molar-refractivity contribution in [3.05, 3.63) is 33.8 Å². The summed E-state index contributed by atoms with van der Waals surface area (Å²) in [5.74, 6) is 0. The molecule has 0 unspecified atom stereocenters. The molecule has 1 rings (SSSR count). The van der Waals surface area contributed by atoms with Crippen LogP contribution in [0.25, 0.3) is 0 Å². The Hall–Kier alpha value is -0.280. The molecule has 102 valence electrons. The summed E-state index contributed by atoms with van der Waals surface area (Å²) in [5.41, 5.74) is 1.31. The number of hydrogen-bond donors (Lipinski definition) is 1. The lowest BCUT2D eigenvalue weighted by Gasteiger charge is -2.23. The van der Waals surface area contributed by atoms with E-state index in [1.54, 1.807) is 6.07 Å². The molecule has 0 saturated carbocycles. The first kappa shape index (κ1) is 15.8. The summed E-state index contributed by atoms with van der Waals surface area (Å²) >= 11 is 12.0. The number of nitrogens with zero attached hydrogens (tertiary/aromatic N) is 1. The molecule has 18 heavy (non-hydrogen) atoms. The molecule has 1 N–H and O–H groups in total. The van der Waals surface area contributed by atoms with Crippen LogP contribution in [0.4, 0.5) is 0 Å². The lowest BCUT2D eigenvalue weighted by molar-refractivity contribution is 0.303. The van der Waals surface area contributed by atoms with Gasteiger partial charge in [0.25, 0.3) is 0 Å². The van der Waals surface area contributed by atoms with Gasteiger partial charge in [0.05, 0.1) is 0 Å². The van der Waals surface area contributed by atoms with Gasteiger partial charge in [0.1, 0.15) is 0 Å². The zero-order chi connectivity index (χ0) is 13.8. The topological polar surface area (TPSA) is 15.3 Å². The molecule has 0 bridgehead atoms. The largest absolute Gasteiger partial charge is 0.311 e. The van der Waals surface area contributed by atoms with Crippen LogP contribution >= 0.6 is 23.2 Å². The van der Waals surface area contributed by atoms with E-state index in [4.69, 9.17) is 23.2 Å². The van der Waals surface area contributed by atoms with Gasteiger partial charge in [0.15, 0.2) is 0 Å². The first-order chi connectivity index (χ1) is 8.26. The lowest BCUT2D eigenvalue weighted by Crippen LogP contribution is -2.40. The number of nitrogens with one attached hydrogen (secondary N) is 1. The van der Waals surface area contributed by atoms with Gasteiger partial charge in [-0.15, -0.1) is 0 Å². The molecule has 0 spiro atoms. The van der Waals surface area contributed by atoms with Crippen LogP contribution in [-0.2, 0) is 6.54 Å². The number of halogens is 2. The Morgan fingerprint density at radius 2 is 1.67 bits per heavy atom. The molecular formula is C14H22Cl2N2. The molecular weight excluding hydrogens is 267 g/mol. The van der Waals surface area contributed by atoms with E-state index in [-0.39, 0.29) is 5.54 Å². The van der Waals surface area contributed by atoms with Crippen molar-refractivity contribution in [2.45, 2.75) is 32.9 Å². The minimum atomic E-state index is 0.167. The summed E-state index contributed by atoms with van der Waals surface area (Å²) in [6, 6.07) is 5.68. The fraction of sp³-hybridized carbons (Fsp3) is 0.571. The van der Waals surface area contributed by atoms with Crippen LogP contribution in [-0.4, -0.2) is 30.6 Å². The summed E-state index contributed by atoms with van der Waals surface area (Å²) in [4.78, 5) is 2.25. The van der Waals surface area contributed by atoms with E-state index in [2.05, 4.69) is 38.0 Å². The molecule has 0 fully saturated rings. The third-order valence-corrected chi connectivity index (χ3v) is 2.96. The Balaban J connectivity index is 2.42. The van der Waals surface area contributed by atoms with Gasteiger partial charge in [0, 0.05) is 35.2 Å². The number of rotatable bonds is 5.